The second kappa shape index (κ2) is 8.77. The molecule has 23 heavy (non-hydrogen) atoms. The third-order valence-corrected chi connectivity index (χ3v) is 4.20. The molecular formula is C15H21BrF2N2O3. The maximum absolute atomic E-state index is 12.5. The summed E-state index contributed by atoms with van der Waals surface area (Å²) in [5.74, 6) is 0.453. The molecule has 0 bridgehead atoms. The first-order valence-electron chi connectivity index (χ1n) is 7.50. The minimum Gasteiger partial charge on any atom is -0.490 e. The molecule has 1 aromatic carbocycles. The van der Waals surface area contributed by atoms with Crippen molar-refractivity contribution in [2.45, 2.75) is 26.2 Å². The van der Waals surface area contributed by atoms with E-state index in [0.717, 1.165) is 12.1 Å². The van der Waals surface area contributed by atoms with Crippen LogP contribution in [0.1, 0.15) is 12.5 Å². The van der Waals surface area contributed by atoms with Crippen LogP contribution in [0.15, 0.2) is 16.6 Å². The first-order valence-corrected chi connectivity index (χ1v) is 8.30. The molecule has 0 amide bonds. The highest BCUT2D eigenvalue weighted by molar-refractivity contribution is 9.10. The molecule has 0 radical (unpaired) electrons. The van der Waals surface area contributed by atoms with E-state index in [0.29, 0.717) is 30.7 Å². The van der Waals surface area contributed by atoms with Gasteiger partial charge >= 0.3 is 6.61 Å². The fourth-order valence-electron chi connectivity index (χ4n) is 2.52. The standard InChI is InChI=1S/C15H21BrF2N2O3/c1-2-22-13-4-9(3-11(16)14(13)23-15(17)18)5-19-6-10-7-20-8-12(10)21/h3-4,10,12,15,19-21H,2,5-8H2,1H3. The molecule has 3 N–H and O–H groups in total. The van der Waals surface area contributed by atoms with Crippen LogP contribution >= 0.6 is 15.9 Å². The number of aliphatic hydroxyl groups is 1. The average molecular weight is 395 g/mol. The average Bonchev–Trinajstić information content (AvgIpc) is 2.88. The zero-order chi connectivity index (χ0) is 16.8. The summed E-state index contributed by atoms with van der Waals surface area (Å²) in [5.41, 5.74) is 0.877. The number of nitrogens with one attached hydrogen (secondary N) is 2. The number of alkyl halides is 2. The molecule has 1 heterocycles. The van der Waals surface area contributed by atoms with Crippen LogP contribution in [0.3, 0.4) is 0 Å². The van der Waals surface area contributed by atoms with Crippen LogP contribution in [0, 0.1) is 5.92 Å². The highest BCUT2D eigenvalue weighted by Crippen LogP contribution is 2.37. The highest BCUT2D eigenvalue weighted by atomic mass is 79.9. The van der Waals surface area contributed by atoms with E-state index in [1.54, 1.807) is 19.1 Å². The molecular weight excluding hydrogens is 374 g/mol. The van der Waals surface area contributed by atoms with E-state index < -0.39 is 6.61 Å². The van der Waals surface area contributed by atoms with Gasteiger partial charge < -0.3 is 25.2 Å². The van der Waals surface area contributed by atoms with E-state index >= 15 is 0 Å². The number of hydrogen-bond donors (Lipinski definition) is 3. The molecule has 1 fully saturated rings. The Balaban J connectivity index is 2.01. The van der Waals surface area contributed by atoms with Crippen LogP contribution in [0.4, 0.5) is 8.78 Å². The summed E-state index contributed by atoms with van der Waals surface area (Å²) in [6, 6.07) is 3.40. The second-order valence-corrected chi connectivity index (χ2v) is 6.19. The highest BCUT2D eigenvalue weighted by Gasteiger charge is 2.24. The van der Waals surface area contributed by atoms with Gasteiger partial charge in [-0.05, 0) is 40.5 Å². The normalized spacial score (nSPS) is 21.0. The zero-order valence-electron chi connectivity index (χ0n) is 12.8. The van der Waals surface area contributed by atoms with Crippen molar-refractivity contribution in [3.63, 3.8) is 0 Å². The molecule has 1 aliphatic heterocycles. The Hall–Kier alpha value is -0.960. The van der Waals surface area contributed by atoms with Crippen molar-refractivity contribution in [3.8, 4) is 11.5 Å². The minimum atomic E-state index is -2.91. The van der Waals surface area contributed by atoms with Gasteiger partial charge in [-0.1, -0.05) is 0 Å². The van der Waals surface area contributed by atoms with Crippen molar-refractivity contribution in [1.82, 2.24) is 10.6 Å². The summed E-state index contributed by atoms with van der Waals surface area (Å²) in [6.45, 7) is 1.82. The smallest absolute Gasteiger partial charge is 0.387 e. The van der Waals surface area contributed by atoms with Crippen molar-refractivity contribution in [1.29, 1.82) is 0 Å². The van der Waals surface area contributed by atoms with Crippen molar-refractivity contribution in [3.05, 3.63) is 22.2 Å². The lowest BCUT2D eigenvalue weighted by atomic mass is 10.1. The van der Waals surface area contributed by atoms with E-state index in [4.69, 9.17) is 4.74 Å². The molecule has 5 nitrogen and oxygen atoms in total. The van der Waals surface area contributed by atoms with E-state index in [9.17, 15) is 13.9 Å². The van der Waals surface area contributed by atoms with Crippen LogP contribution in [0.5, 0.6) is 11.5 Å². The monoisotopic (exact) mass is 394 g/mol. The maximum Gasteiger partial charge on any atom is 0.387 e. The van der Waals surface area contributed by atoms with Crippen LogP contribution in [-0.2, 0) is 6.54 Å². The third kappa shape index (κ3) is 5.27. The Labute approximate surface area is 142 Å². The number of halogens is 3. The molecule has 2 rings (SSSR count). The lowest BCUT2D eigenvalue weighted by Gasteiger charge is -2.17. The molecule has 1 aliphatic rings. The van der Waals surface area contributed by atoms with Crippen LogP contribution in [-0.4, -0.2) is 44.1 Å². The molecule has 2 unspecified atom stereocenters. The fourth-order valence-corrected chi connectivity index (χ4v) is 3.10. The number of ether oxygens (including phenoxy) is 2. The van der Waals surface area contributed by atoms with Gasteiger partial charge in [-0.3, -0.25) is 0 Å². The number of β-amino-alcohol motifs (C(OH)–C–C–N with tert-alkyl or cyclic N) is 1. The third-order valence-electron chi connectivity index (χ3n) is 3.62. The first-order chi connectivity index (χ1) is 11.0. The van der Waals surface area contributed by atoms with Crippen LogP contribution in [0.2, 0.25) is 0 Å². The Morgan fingerprint density at radius 1 is 1.43 bits per heavy atom. The quantitative estimate of drug-likeness (QED) is 0.630. The predicted octanol–water partition coefficient (Wildman–Crippen LogP) is 2.12. The Bertz CT molecular complexity index is 520. The Morgan fingerprint density at radius 2 is 2.22 bits per heavy atom. The van der Waals surface area contributed by atoms with Crippen molar-refractivity contribution in [2.24, 2.45) is 5.92 Å². The molecule has 0 aliphatic carbocycles. The largest absolute Gasteiger partial charge is 0.490 e. The van der Waals surface area contributed by atoms with Crippen molar-refractivity contribution >= 4 is 15.9 Å². The van der Waals surface area contributed by atoms with Gasteiger partial charge in [0.15, 0.2) is 11.5 Å². The fraction of sp³-hybridized carbons (Fsp3) is 0.600. The first kappa shape index (κ1) is 18.4. The van der Waals surface area contributed by atoms with Crippen LogP contribution < -0.4 is 20.1 Å². The molecule has 1 saturated heterocycles. The van der Waals surface area contributed by atoms with E-state index in [1.165, 1.54) is 0 Å². The topological polar surface area (TPSA) is 62.8 Å². The predicted molar refractivity (Wildman–Crippen MR) is 86.0 cm³/mol. The zero-order valence-corrected chi connectivity index (χ0v) is 14.4. The molecule has 0 saturated carbocycles. The summed E-state index contributed by atoms with van der Waals surface area (Å²) >= 11 is 3.25. The summed E-state index contributed by atoms with van der Waals surface area (Å²) in [6.07, 6.45) is -0.338. The second-order valence-electron chi connectivity index (χ2n) is 5.33. The van der Waals surface area contributed by atoms with Gasteiger partial charge in [-0.2, -0.15) is 8.78 Å². The van der Waals surface area contributed by atoms with Gasteiger partial charge in [0.25, 0.3) is 0 Å². The number of rotatable bonds is 8. The Kier molecular flexibility index (Phi) is 7.01. The number of benzene rings is 1. The summed E-state index contributed by atoms with van der Waals surface area (Å²) < 4.78 is 35.3. The van der Waals surface area contributed by atoms with Crippen molar-refractivity contribution in [2.75, 3.05) is 26.2 Å². The molecule has 1 aromatic rings. The van der Waals surface area contributed by atoms with E-state index in [1.807, 2.05) is 0 Å². The van der Waals surface area contributed by atoms with Gasteiger partial charge in [0.1, 0.15) is 0 Å². The molecule has 2 atom stereocenters. The summed E-state index contributed by atoms with van der Waals surface area (Å²) in [4.78, 5) is 0. The number of hydrogen-bond acceptors (Lipinski definition) is 5. The van der Waals surface area contributed by atoms with E-state index in [-0.39, 0.29) is 23.5 Å². The minimum absolute atomic E-state index is 0.000940. The number of aliphatic hydroxyl groups excluding tert-OH is 1. The van der Waals surface area contributed by atoms with Gasteiger partial charge in [0.05, 0.1) is 17.2 Å². The van der Waals surface area contributed by atoms with Gasteiger partial charge in [-0.15, -0.1) is 0 Å². The van der Waals surface area contributed by atoms with Gasteiger partial charge in [0.2, 0.25) is 0 Å². The van der Waals surface area contributed by atoms with Gasteiger partial charge in [0, 0.05) is 32.1 Å². The molecule has 0 aromatic heterocycles. The lowest BCUT2D eigenvalue weighted by Crippen LogP contribution is -2.30. The van der Waals surface area contributed by atoms with E-state index in [2.05, 4.69) is 31.3 Å². The van der Waals surface area contributed by atoms with Crippen molar-refractivity contribution < 1.29 is 23.4 Å². The van der Waals surface area contributed by atoms with Gasteiger partial charge in [-0.25, -0.2) is 0 Å². The molecule has 130 valence electrons. The molecule has 8 heteroatoms. The van der Waals surface area contributed by atoms with Crippen LogP contribution in [0.25, 0.3) is 0 Å². The SMILES string of the molecule is CCOc1cc(CNCC2CNCC2O)cc(Br)c1OC(F)F. The maximum atomic E-state index is 12.5. The summed E-state index contributed by atoms with van der Waals surface area (Å²) in [5, 5.41) is 16.1. The lowest BCUT2D eigenvalue weighted by molar-refractivity contribution is -0.0519. The Morgan fingerprint density at radius 3 is 2.83 bits per heavy atom. The molecule has 0 spiro atoms. The summed E-state index contributed by atoms with van der Waals surface area (Å²) in [7, 11) is 0.